The molecule has 0 bridgehead atoms. The highest BCUT2D eigenvalue weighted by atomic mass is 32.1. The zero-order valence-electron chi connectivity index (χ0n) is 27.9. The molecule has 0 unspecified atom stereocenters. The molecule has 0 aliphatic carbocycles. The topological polar surface area (TPSA) is 38.9 Å². The van der Waals surface area contributed by atoms with Crippen molar-refractivity contribution < 1.29 is 4.42 Å². The summed E-state index contributed by atoms with van der Waals surface area (Å²) in [5.74, 6) is 0.682. The van der Waals surface area contributed by atoms with Gasteiger partial charge >= 0.3 is 0 Å². The summed E-state index contributed by atoms with van der Waals surface area (Å²) in [6.45, 7) is 0. The molecule has 4 heteroatoms. The smallest absolute Gasteiger partial charge is 0.161 e. The Hall–Kier alpha value is -6.62. The number of furan rings is 1. The number of hydrogen-bond donors (Lipinski definition) is 0. The van der Waals surface area contributed by atoms with Gasteiger partial charge in [0, 0.05) is 32.0 Å². The van der Waals surface area contributed by atoms with Crippen molar-refractivity contribution >= 4 is 75.1 Å². The number of para-hydroxylation sites is 1. The minimum atomic E-state index is 0.682. The second kappa shape index (κ2) is 11.5. The zero-order chi connectivity index (χ0) is 34.2. The second-order valence-corrected chi connectivity index (χ2v) is 14.4. The molecule has 0 radical (unpaired) electrons. The van der Waals surface area contributed by atoms with E-state index in [4.69, 9.17) is 14.4 Å². The van der Waals surface area contributed by atoms with E-state index in [-0.39, 0.29) is 0 Å². The van der Waals surface area contributed by atoms with Gasteiger partial charge in [-0.05, 0) is 74.1 Å². The van der Waals surface area contributed by atoms with Gasteiger partial charge in [0.15, 0.2) is 5.82 Å². The van der Waals surface area contributed by atoms with Crippen molar-refractivity contribution in [2.24, 2.45) is 0 Å². The summed E-state index contributed by atoms with van der Waals surface area (Å²) in [6.07, 6.45) is 0. The van der Waals surface area contributed by atoms with Crippen LogP contribution in [0.3, 0.4) is 0 Å². The van der Waals surface area contributed by atoms with E-state index in [1.807, 2.05) is 12.1 Å². The first kappa shape index (κ1) is 29.1. The van der Waals surface area contributed by atoms with Crippen molar-refractivity contribution in [3.05, 3.63) is 170 Å². The Kier molecular flexibility index (Phi) is 6.42. The van der Waals surface area contributed by atoms with Gasteiger partial charge in [-0.1, -0.05) is 140 Å². The average Bonchev–Trinajstić information content (AvgIpc) is 3.79. The molecule has 0 spiro atoms. The molecule has 11 aromatic rings. The Bertz CT molecular complexity index is 3180. The molecule has 3 aromatic heterocycles. The summed E-state index contributed by atoms with van der Waals surface area (Å²) in [7, 11) is 0. The summed E-state index contributed by atoms with van der Waals surface area (Å²) < 4.78 is 8.92. The molecule has 0 fully saturated rings. The van der Waals surface area contributed by atoms with Crippen molar-refractivity contribution in [1.82, 2.24) is 9.97 Å². The Morgan fingerprint density at radius 2 is 1.08 bits per heavy atom. The van der Waals surface area contributed by atoms with E-state index in [9.17, 15) is 0 Å². The maximum atomic E-state index is 6.64. The number of fused-ring (bicyclic) bond motifs is 9. The van der Waals surface area contributed by atoms with Crippen LogP contribution in [0.1, 0.15) is 0 Å². The first-order valence-corrected chi connectivity index (χ1v) is 18.3. The number of nitrogens with zero attached hydrogens (tertiary/aromatic N) is 2. The monoisotopic (exact) mass is 680 g/mol. The minimum absolute atomic E-state index is 0.682. The predicted molar refractivity (Wildman–Crippen MR) is 219 cm³/mol. The molecule has 52 heavy (non-hydrogen) atoms. The maximum absolute atomic E-state index is 6.64. The third kappa shape index (κ3) is 4.51. The van der Waals surface area contributed by atoms with Crippen LogP contribution >= 0.6 is 11.3 Å². The van der Waals surface area contributed by atoms with Crippen LogP contribution in [0.2, 0.25) is 0 Å². The fraction of sp³-hybridized carbons (Fsp3) is 0. The largest absolute Gasteiger partial charge is 0.456 e. The van der Waals surface area contributed by atoms with Gasteiger partial charge < -0.3 is 4.42 Å². The highest BCUT2D eigenvalue weighted by molar-refractivity contribution is 7.26. The molecule has 11 rings (SSSR count). The summed E-state index contributed by atoms with van der Waals surface area (Å²) in [5.41, 5.74) is 10.2. The average molecular weight is 681 g/mol. The number of benzene rings is 8. The lowest BCUT2D eigenvalue weighted by molar-refractivity contribution is 0.669. The number of rotatable bonds is 4. The van der Waals surface area contributed by atoms with Gasteiger partial charge in [-0.15, -0.1) is 11.3 Å². The first-order chi connectivity index (χ1) is 25.8. The lowest BCUT2D eigenvalue weighted by Gasteiger charge is -2.13. The second-order valence-electron chi connectivity index (χ2n) is 13.3. The van der Waals surface area contributed by atoms with Gasteiger partial charge in [-0.2, -0.15) is 0 Å². The van der Waals surface area contributed by atoms with Crippen molar-refractivity contribution in [3.63, 3.8) is 0 Å². The van der Waals surface area contributed by atoms with Crippen molar-refractivity contribution in [2.45, 2.75) is 0 Å². The highest BCUT2D eigenvalue weighted by Crippen LogP contribution is 2.45. The molecule has 0 saturated carbocycles. The quantitative estimate of drug-likeness (QED) is 0.174. The van der Waals surface area contributed by atoms with Crippen LogP contribution < -0.4 is 0 Å². The molecular weight excluding hydrogens is 653 g/mol. The van der Waals surface area contributed by atoms with Crippen LogP contribution in [0.25, 0.3) is 109 Å². The zero-order valence-corrected chi connectivity index (χ0v) is 28.7. The molecular formula is C48H28N2OS. The standard InChI is InChI=1S/C48H28N2OS/c1-2-12-29(13-3-1)30-22-24-31(25-23-30)45-47-46(38-19-9-11-21-43(38)52-47)50-48(49-45)40-27-33(28-42-44(40)37-18-8-10-20-41(37)51-42)39-26-32-14-4-5-15-34(32)35-16-6-7-17-36(35)39/h1-28H. The van der Waals surface area contributed by atoms with E-state index >= 15 is 0 Å². The molecule has 0 atom stereocenters. The molecule has 0 saturated heterocycles. The van der Waals surface area contributed by atoms with Crippen LogP contribution in [0.15, 0.2) is 174 Å². The van der Waals surface area contributed by atoms with Crippen LogP contribution in [-0.4, -0.2) is 9.97 Å². The first-order valence-electron chi connectivity index (χ1n) is 17.5. The molecule has 8 aromatic carbocycles. The fourth-order valence-corrected chi connectivity index (χ4v) is 8.99. The number of thiophene rings is 1. The van der Waals surface area contributed by atoms with Crippen LogP contribution in [0.4, 0.5) is 0 Å². The Morgan fingerprint density at radius 3 is 1.92 bits per heavy atom. The molecule has 0 aliphatic rings. The number of hydrogen-bond acceptors (Lipinski definition) is 4. The van der Waals surface area contributed by atoms with Gasteiger partial charge in [0.1, 0.15) is 11.2 Å². The lowest BCUT2D eigenvalue weighted by Crippen LogP contribution is -1.95. The SMILES string of the molecule is c1ccc(-c2ccc(-c3nc(-c4cc(-c5cc6ccccc6c6ccccc56)cc5oc6ccccc6c45)nc4c3sc3ccccc34)cc2)cc1. The van der Waals surface area contributed by atoms with Gasteiger partial charge in [0.05, 0.1) is 15.9 Å². The van der Waals surface area contributed by atoms with Gasteiger partial charge in [-0.25, -0.2) is 9.97 Å². The summed E-state index contributed by atoms with van der Waals surface area (Å²) in [4.78, 5) is 10.9. The van der Waals surface area contributed by atoms with Crippen LogP contribution in [0.5, 0.6) is 0 Å². The van der Waals surface area contributed by atoms with Gasteiger partial charge in [-0.3, -0.25) is 0 Å². The molecule has 242 valence electrons. The summed E-state index contributed by atoms with van der Waals surface area (Å²) in [6, 6.07) is 60.2. The van der Waals surface area contributed by atoms with Crippen molar-refractivity contribution in [3.8, 4) is 44.9 Å². The van der Waals surface area contributed by atoms with E-state index < -0.39 is 0 Å². The van der Waals surface area contributed by atoms with E-state index in [0.717, 1.165) is 65.5 Å². The Labute approximate surface area is 303 Å². The predicted octanol–water partition coefficient (Wildman–Crippen LogP) is 13.7. The highest BCUT2D eigenvalue weighted by Gasteiger charge is 2.22. The van der Waals surface area contributed by atoms with E-state index in [0.29, 0.717) is 5.82 Å². The van der Waals surface area contributed by atoms with Gasteiger partial charge in [0.25, 0.3) is 0 Å². The molecule has 3 heterocycles. The molecule has 0 amide bonds. The van der Waals surface area contributed by atoms with E-state index in [1.165, 1.54) is 37.4 Å². The fourth-order valence-electron chi connectivity index (χ4n) is 7.84. The van der Waals surface area contributed by atoms with E-state index in [1.54, 1.807) is 11.3 Å². The number of aromatic nitrogens is 2. The van der Waals surface area contributed by atoms with Gasteiger partial charge in [0.2, 0.25) is 0 Å². The van der Waals surface area contributed by atoms with E-state index in [2.05, 4.69) is 158 Å². The molecule has 0 N–H and O–H groups in total. The lowest BCUT2D eigenvalue weighted by atomic mass is 9.91. The summed E-state index contributed by atoms with van der Waals surface area (Å²) >= 11 is 1.75. The van der Waals surface area contributed by atoms with Crippen molar-refractivity contribution in [2.75, 3.05) is 0 Å². The normalized spacial score (nSPS) is 11.8. The van der Waals surface area contributed by atoms with Crippen LogP contribution in [-0.2, 0) is 0 Å². The Morgan fingerprint density at radius 1 is 0.423 bits per heavy atom. The maximum Gasteiger partial charge on any atom is 0.161 e. The molecule has 3 nitrogen and oxygen atoms in total. The third-order valence-electron chi connectivity index (χ3n) is 10.3. The summed E-state index contributed by atoms with van der Waals surface area (Å²) in [5, 5.41) is 8.08. The minimum Gasteiger partial charge on any atom is -0.456 e. The van der Waals surface area contributed by atoms with Crippen LogP contribution in [0, 0.1) is 0 Å². The Balaban J connectivity index is 1.21. The molecule has 0 aliphatic heterocycles. The van der Waals surface area contributed by atoms with Crippen molar-refractivity contribution in [1.29, 1.82) is 0 Å². The third-order valence-corrected chi connectivity index (χ3v) is 11.5.